The Balaban J connectivity index is 0.681. The number of esters is 2. The standard InChI is InChI=1S/C47H56O4/c48-30(50-40-14-28-34-24-1-20-6-42-7-21-2-25(32(24)42)35(28)45(11-21,17-40)38(42)44(34,10-20)16-40)5-31(49)51-41-15-29-36-26-3-22-8-43-9-23-4-27(33(26)43)37(29)47(13-23,19-41)39(43)46(36,12-22)18-41/h20-29,32-39H,1-19H2. The summed E-state index contributed by atoms with van der Waals surface area (Å²) in [6.07, 6.45) is 25.0. The van der Waals surface area contributed by atoms with Crippen LogP contribution in [0.2, 0.25) is 0 Å². The van der Waals surface area contributed by atoms with Crippen molar-refractivity contribution < 1.29 is 19.1 Å². The summed E-state index contributed by atoms with van der Waals surface area (Å²) in [4.78, 5) is 28.6. The summed E-state index contributed by atoms with van der Waals surface area (Å²) in [6, 6.07) is 0. The van der Waals surface area contributed by atoms with Crippen LogP contribution in [0.15, 0.2) is 0 Å². The molecule has 0 aliphatic heterocycles. The second-order valence-electron chi connectivity index (χ2n) is 26.0. The lowest BCUT2D eigenvalue weighted by molar-refractivity contribution is -0.472. The van der Waals surface area contributed by atoms with Gasteiger partial charge in [0.1, 0.15) is 17.6 Å². The van der Waals surface area contributed by atoms with Crippen LogP contribution in [-0.2, 0) is 19.1 Å². The molecule has 16 unspecified atom stereocenters. The van der Waals surface area contributed by atoms with Gasteiger partial charge in [-0.2, -0.15) is 0 Å². The Bertz CT molecular complexity index is 1680. The third-order valence-corrected chi connectivity index (χ3v) is 25.5. The molecule has 0 amide bonds. The third kappa shape index (κ3) is 2.17. The lowest BCUT2D eigenvalue weighted by atomic mass is 9.10. The maximum atomic E-state index is 14.3. The van der Waals surface area contributed by atoms with Gasteiger partial charge in [-0.25, -0.2) is 0 Å². The smallest absolute Gasteiger partial charge is 0.317 e. The number of rotatable bonds is 4. The first-order valence-corrected chi connectivity index (χ1v) is 23.1. The zero-order valence-corrected chi connectivity index (χ0v) is 30.5. The summed E-state index contributed by atoms with van der Waals surface area (Å²) in [5.41, 5.74) is 2.59. The van der Waals surface area contributed by atoms with Crippen molar-refractivity contribution in [3.63, 3.8) is 0 Å². The summed E-state index contributed by atoms with van der Waals surface area (Å²) < 4.78 is 13.9. The molecular weight excluding hydrogens is 629 g/mol. The van der Waals surface area contributed by atoms with Gasteiger partial charge in [0, 0.05) is 0 Å². The van der Waals surface area contributed by atoms with Crippen molar-refractivity contribution in [2.75, 3.05) is 0 Å². The van der Waals surface area contributed by atoms with Crippen LogP contribution in [0.25, 0.3) is 0 Å². The molecule has 26 aliphatic carbocycles. The Morgan fingerprint density at radius 2 is 0.686 bits per heavy atom. The first-order valence-electron chi connectivity index (χ1n) is 23.1. The van der Waals surface area contributed by atoms with E-state index in [1.165, 1.54) is 25.7 Å². The van der Waals surface area contributed by atoms with E-state index in [0.29, 0.717) is 32.5 Å². The molecule has 26 aliphatic rings. The maximum Gasteiger partial charge on any atom is 0.317 e. The Labute approximate surface area is 302 Å². The Hall–Kier alpha value is -1.06. The van der Waals surface area contributed by atoms with Gasteiger partial charge in [0.15, 0.2) is 0 Å². The molecule has 16 atom stereocenters. The van der Waals surface area contributed by atoms with Gasteiger partial charge in [-0.1, -0.05) is 0 Å². The molecule has 0 radical (unpaired) electrons. The van der Waals surface area contributed by atoms with Crippen LogP contribution in [0.5, 0.6) is 0 Å². The van der Waals surface area contributed by atoms with Gasteiger partial charge in [0.25, 0.3) is 0 Å². The van der Waals surface area contributed by atoms with E-state index in [4.69, 9.17) is 9.47 Å². The van der Waals surface area contributed by atoms with Gasteiger partial charge in [-0.15, -0.1) is 0 Å². The monoisotopic (exact) mass is 684 g/mol. The van der Waals surface area contributed by atoms with E-state index >= 15 is 0 Å². The van der Waals surface area contributed by atoms with E-state index in [2.05, 4.69) is 0 Å². The highest BCUT2D eigenvalue weighted by atomic mass is 16.6. The Morgan fingerprint density at radius 1 is 0.392 bits per heavy atom. The number of carbonyl (C=O) groups is 2. The molecule has 0 aromatic heterocycles. The number of carbonyl (C=O) groups excluding carboxylic acids is 2. The van der Waals surface area contributed by atoms with E-state index in [1.54, 1.807) is 51.4 Å². The molecule has 0 heterocycles. The Kier molecular flexibility index (Phi) is 3.60. The molecular formula is C47H56O4. The number of ether oxygens (including phenoxy) is 2. The van der Waals surface area contributed by atoms with Crippen molar-refractivity contribution >= 4 is 11.9 Å². The van der Waals surface area contributed by atoms with E-state index in [-0.39, 0.29) is 29.6 Å². The molecule has 26 saturated carbocycles. The summed E-state index contributed by atoms with van der Waals surface area (Å²) in [5.74, 6) is 16.7. The van der Waals surface area contributed by atoms with Crippen LogP contribution in [0, 0.1) is 139 Å². The number of hydrogen-bond acceptors (Lipinski definition) is 4. The average molecular weight is 685 g/mol. The van der Waals surface area contributed by atoms with E-state index in [0.717, 1.165) is 145 Å². The molecule has 0 N–H and O–H groups in total. The summed E-state index contributed by atoms with van der Waals surface area (Å²) in [6.45, 7) is 0. The maximum absolute atomic E-state index is 14.3. The molecule has 4 heteroatoms. The molecule has 6 spiro atoms. The zero-order valence-electron chi connectivity index (χ0n) is 30.5. The molecule has 0 aromatic carbocycles. The normalized spacial score (nSPS) is 78.0. The van der Waals surface area contributed by atoms with Gasteiger partial charge in [-0.05, 0) is 255 Å². The predicted octanol–water partition coefficient (Wildman–Crippen LogP) is 8.22. The van der Waals surface area contributed by atoms with Crippen molar-refractivity contribution in [1.29, 1.82) is 0 Å². The van der Waals surface area contributed by atoms with Crippen molar-refractivity contribution in [2.45, 2.75) is 133 Å². The second-order valence-corrected chi connectivity index (χ2v) is 26.0. The minimum atomic E-state index is -0.290. The molecule has 51 heavy (non-hydrogen) atoms. The highest BCUT2D eigenvalue weighted by Crippen LogP contribution is 2.98. The van der Waals surface area contributed by atoms with Crippen LogP contribution < -0.4 is 0 Å². The fraction of sp³-hybridized carbons (Fsp3) is 0.957. The SMILES string of the molecule is O=C(CC(=O)OC12CC3C4C5CC6CC78CC9CC(C57)C3C(C9)(C1)C8C4(C6)C2)OC12CC3C4C5CC6CC78CC9CC(C57)C3C(C9)(C1)C8C4(C6)C2. The molecule has 26 bridgehead atoms. The average Bonchev–Trinajstić information content (AvgIpc) is 3.00. The van der Waals surface area contributed by atoms with Crippen LogP contribution in [0.4, 0.5) is 0 Å². The van der Waals surface area contributed by atoms with Crippen molar-refractivity contribution in [3.05, 3.63) is 0 Å². The first-order chi connectivity index (χ1) is 24.7. The highest BCUT2D eigenvalue weighted by Gasteiger charge is 2.93. The van der Waals surface area contributed by atoms with Gasteiger partial charge < -0.3 is 9.47 Å². The summed E-state index contributed by atoms with van der Waals surface area (Å²) >= 11 is 0. The van der Waals surface area contributed by atoms with E-state index in [9.17, 15) is 9.59 Å². The van der Waals surface area contributed by atoms with Crippen LogP contribution in [0.1, 0.15) is 122 Å². The minimum absolute atomic E-state index is 0.129. The van der Waals surface area contributed by atoms with Crippen molar-refractivity contribution in [3.8, 4) is 0 Å². The second kappa shape index (κ2) is 6.87. The van der Waals surface area contributed by atoms with Crippen molar-refractivity contribution in [2.24, 2.45) is 139 Å². The largest absolute Gasteiger partial charge is 0.459 e. The summed E-state index contributed by atoms with van der Waals surface area (Å²) in [7, 11) is 0. The lowest BCUT2D eigenvalue weighted by Crippen LogP contribution is -2.90. The summed E-state index contributed by atoms with van der Waals surface area (Å²) in [5, 5.41) is 0. The predicted molar refractivity (Wildman–Crippen MR) is 183 cm³/mol. The van der Waals surface area contributed by atoms with Gasteiger partial charge in [0.2, 0.25) is 0 Å². The van der Waals surface area contributed by atoms with Gasteiger partial charge in [0.05, 0.1) is 0 Å². The number of hydrogen-bond donors (Lipinski definition) is 0. The minimum Gasteiger partial charge on any atom is -0.459 e. The van der Waals surface area contributed by atoms with Crippen LogP contribution in [-0.4, -0.2) is 23.1 Å². The molecule has 0 aromatic rings. The van der Waals surface area contributed by atoms with E-state index < -0.39 is 0 Å². The van der Waals surface area contributed by atoms with Crippen LogP contribution in [0.3, 0.4) is 0 Å². The van der Waals surface area contributed by atoms with Gasteiger partial charge >= 0.3 is 11.9 Å². The molecule has 4 nitrogen and oxygen atoms in total. The lowest BCUT2D eigenvalue weighted by Gasteiger charge is -2.94. The van der Waals surface area contributed by atoms with E-state index in [1.807, 2.05) is 0 Å². The molecule has 268 valence electrons. The first kappa shape index (κ1) is 26.7. The molecule has 26 rings (SSSR count). The molecule has 26 fully saturated rings. The fourth-order valence-corrected chi connectivity index (χ4v) is 29.4. The zero-order chi connectivity index (χ0) is 32.4. The van der Waals surface area contributed by atoms with Crippen LogP contribution >= 0.6 is 0 Å². The van der Waals surface area contributed by atoms with Crippen molar-refractivity contribution in [1.82, 2.24) is 0 Å². The fourth-order valence-electron chi connectivity index (χ4n) is 29.4. The molecule has 0 saturated heterocycles. The Morgan fingerprint density at radius 3 is 1.02 bits per heavy atom. The quantitative estimate of drug-likeness (QED) is 0.221. The highest BCUT2D eigenvalue weighted by molar-refractivity contribution is 5.91. The third-order valence-electron chi connectivity index (χ3n) is 25.5. The van der Waals surface area contributed by atoms with Gasteiger partial charge in [-0.3, -0.25) is 9.59 Å². The topological polar surface area (TPSA) is 52.6 Å².